The summed E-state index contributed by atoms with van der Waals surface area (Å²) in [6.07, 6.45) is 3.71. The van der Waals surface area contributed by atoms with Crippen LogP contribution in [-0.4, -0.2) is 23.4 Å². The molecule has 2 N–H and O–H groups in total. The first-order valence-corrected chi connectivity index (χ1v) is 8.15. The first-order chi connectivity index (χ1) is 9.97. The van der Waals surface area contributed by atoms with Crippen LogP contribution in [0.2, 0.25) is 0 Å². The van der Waals surface area contributed by atoms with Crippen molar-refractivity contribution >= 4 is 0 Å². The highest BCUT2D eigenvalue weighted by Crippen LogP contribution is 2.30. The van der Waals surface area contributed by atoms with Crippen LogP contribution < -0.4 is 10.1 Å². The number of nitrogens with one attached hydrogen (secondary N) is 1. The molecule has 21 heavy (non-hydrogen) atoms. The van der Waals surface area contributed by atoms with Crippen molar-refractivity contribution in [2.45, 2.75) is 78.2 Å². The third kappa shape index (κ3) is 4.45. The predicted molar refractivity (Wildman–Crippen MR) is 86.8 cm³/mol. The van der Waals surface area contributed by atoms with Crippen LogP contribution in [0.25, 0.3) is 0 Å². The Labute approximate surface area is 128 Å². The van der Waals surface area contributed by atoms with E-state index in [1.165, 1.54) is 5.56 Å². The van der Waals surface area contributed by atoms with Crippen molar-refractivity contribution in [1.82, 2.24) is 5.32 Å². The SMILES string of the molecule is Cc1cc(CNC(C)C)cc(C)c1OC1CCCCC1O. The Bertz CT molecular complexity index is 447. The summed E-state index contributed by atoms with van der Waals surface area (Å²) >= 11 is 0. The van der Waals surface area contributed by atoms with Crippen molar-refractivity contribution in [1.29, 1.82) is 0 Å². The van der Waals surface area contributed by atoms with E-state index in [1.807, 2.05) is 0 Å². The normalized spacial score (nSPS) is 22.6. The number of ether oxygens (including phenoxy) is 1. The zero-order chi connectivity index (χ0) is 15.4. The van der Waals surface area contributed by atoms with Crippen LogP contribution in [0.5, 0.6) is 5.75 Å². The first kappa shape index (κ1) is 16.3. The summed E-state index contributed by atoms with van der Waals surface area (Å²) in [5.74, 6) is 0.953. The fourth-order valence-electron chi connectivity index (χ4n) is 3.02. The van der Waals surface area contributed by atoms with E-state index in [1.54, 1.807) is 0 Å². The molecule has 1 aliphatic carbocycles. The molecule has 0 bridgehead atoms. The quantitative estimate of drug-likeness (QED) is 0.872. The van der Waals surface area contributed by atoms with Gasteiger partial charge in [0.25, 0.3) is 0 Å². The molecular weight excluding hydrogens is 262 g/mol. The number of hydrogen-bond donors (Lipinski definition) is 2. The van der Waals surface area contributed by atoms with Crippen LogP contribution >= 0.6 is 0 Å². The van der Waals surface area contributed by atoms with E-state index in [-0.39, 0.29) is 12.2 Å². The monoisotopic (exact) mass is 291 g/mol. The van der Waals surface area contributed by atoms with E-state index in [4.69, 9.17) is 4.74 Å². The molecule has 0 saturated heterocycles. The Morgan fingerprint density at radius 3 is 2.38 bits per heavy atom. The standard InChI is InChI=1S/C18H29NO2/c1-12(2)19-11-15-9-13(3)18(14(4)10-15)21-17-8-6-5-7-16(17)20/h9-10,12,16-17,19-20H,5-8,11H2,1-4H3. The Morgan fingerprint density at radius 2 is 1.81 bits per heavy atom. The molecule has 2 atom stereocenters. The Balaban J connectivity index is 2.09. The average Bonchev–Trinajstić information content (AvgIpc) is 2.42. The lowest BCUT2D eigenvalue weighted by atomic mass is 9.94. The highest BCUT2D eigenvalue weighted by molar-refractivity contribution is 5.43. The van der Waals surface area contributed by atoms with E-state index in [2.05, 4.69) is 45.1 Å². The summed E-state index contributed by atoms with van der Waals surface area (Å²) in [5.41, 5.74) is 3.61. The van der Waals surface area contributed by atoms with Crippen molar-refractivity contribution < 1.29 is 9.84 Å². The predicted octanol–water partition coefficient (Wildman–Crippen LogP) is 3.48. The first-order valence-electron chi connectivity index (χ1n) is 8.15. The smallest absolute Gasteiger partial charge is 0.125 e. The largest absolute Gasteiger partial charge is 0.487 e. The molecular formula is C18H29NO2. The van der Waals surface area contributed by atoms with Crippen molar-refractivity contribution in [2.75, 3.05) is 0 Å². The van der Waals surface area contributed by atoms with E-state index in [9.17, 15) is 5.11 Å². The number of hydrogen-bond acceptors (Lipinski definition) is 3. The molecule has 3 heteroatoms. The van der Waals surface area contributed by atoms with Gasteiger partial charge in [0.2, 0.25) is 0 Å². The second-order valence-corrected chi connectivity index (χ2v) is 6.60. The van der Waals surface area contributed by atoms with Crippen molar-refractivity contribution in [3.63, 3.8) is 0 Å². The highest BCUT2D eigenvalue weighted by Gasteiger charge is 2.25. The molecule has 2 rings (SSSR count). The van der Waals surface area contributed by atoms with Gasteiger partial charge in [-0.05, 0) is 49.8 Å². The van der Waals surface area contributed by atoms with Gasteiger partial charge in [0.05, 0.1) is 6.10 Å². The maximum Gasteiger partial charge on any atom is 0.125 e. The maximum atomic E-state index is 10.1. The second-order valence-electron chi connectivity index (χ2n) is 6.60. The fourth-order valence-corrected chi connectivity index (χ4v) is 3.02. The molecule has 1 fully saturated rings. The van der Waals surface area contributed by atoms with Crippen LogP contribution in [0.3, 0.4) is 0 Å². The van der Waals surface area contributed by atoms with Gasteiger partial charge in [-0.1, -0.05) is 32.4 Å². The maximum absolute atomic E-state index is 10.1. The fraction of sp³-hybridized carbons (Fsp3) is 0.667. The zero-order valence-electron chi connectivity index (χ0n) is 13.8. The van der Waals surface area contributed by atoms with Gasteiger partial charge in [0.15, 0.2) is 0 Å². The molecule has 0 heterocycles. The minimum atomic E-state index is -0.320. The Hall–Kier alpha value is -1.06. The van der Waals surface area contributed by atoms with E-state index < -0.39 is 0 Å². The van der Waals surface area contributed by atoms with Gasteiger partial charge in [-0.25, -0.2) is 0 Å². The van der Waals surface area contributed by atoms with Crippen LogP contribution in [0.4, 0.5) is 0 Å². The lowest BCUT2D eigenvalue weighted by Gasteiger charge is -2.29. The van der Waals surface area contributed by atoms with Gasteiger partial charge in [-0.2, -0.15) is 0 Å². The summed E-state index contributed by atoms with van der Waals surface area (Å²) in [6, 6.07) is 4.86. The second kappa shape index (κ2) is 7.28. The van der Waals surface area contributed by atoms with Gasteiger partial charge in [-0.3, -0.25) is 0 Å². The van der Waals surface area contributed by atoms with Crippen LogP contribution in [0, 0.1) is 13.8 Å². The van der Waals surface area contributed by atoms with Gasteiger partial charge < -0.3 is 15.2 Å². The molecule has 0 aromatic heterocycles. The molecule has 0 radical (unpaired) electrons. The summed E-state index contributed by atoms with van der Waals surface area (Å²) in [6.45, 7) is 9.38. The summed E-state index contributed by atoms with van der Waals surface area (Å²) in [5, 5.41) is 13.5. The number of aliphatic hydroxyl groups is 1. The van der Waals surface area contributed by atoms with Crippen LogP contribution in [0.1, 0.15) is 56.2 Å². The van der Waals surface area contributed by atoms with Gasteiger partial charge in [0, 0.05) is 12.6 Å². The van der Waals surface area contributed by atoms with Crippen molar-refractivity contribution in [2.24, 2.45) is 0 Å². The number of aryl methyl sites for hydroxylation is 2. The molecule has 1 aromatic rings. The third-order valence-corrected chi connectivity index (χ3v) is 4.17. The minimum absolute atomic E-state index is 0.0456. The zero-order valence-corrected chi connectivity index (χ0v) is 13.8. The molecule has 1 aliphatic rings. The summed E-state index contributed by atoms with van der Waals surface area (Å²) in [7, 11) is 0. The molecule has 2 unspecified atom stereocenters. The van der Waals surface area contributed by atoms with Crippen LogP contribution in [0.15, 0.2) is 12.1 Å². The van der Waals surface area contributed by atoms with Crippen molar-refractivity contribution in [3.8, 4) is 5.75 Å². The molecule has 1 aromatic carbocycles. The molecule has 3 nitrogen and oxygen atoms in total. The number of benzene rings is 1. The number of rotatable bonds is 5. The highest BCUT2D eigenvalue weighted by atomic mass is 16.5. The van der Waals surface area contributed by atoms with Gasteiger partial charge in [-0.15, -0.1) is 0 Å². The lowest BCUT2D eigenvalue weighted by Crippen LogP contribution is -2.35. The van der Waals surface area contributed by atoms with E-state index >= 15 is 0 Å². The Kier molecular flexibility index (Phi) is 5.65. The molecule has 0 spiro atoms. The molecule has 118 valence electrons. The van der Waals surface area contributed by atoms with Crippen LogP contribution in [-0.2, 0) is 6.54 Å². The number of aliphatic hydroxyl groups excluding tert-OH is 1. The van der Waals surface area contributed by atoms with Gasteiger partial charge in [0.1, 0.15) is 11.9 Å². The lowest BCUT2D eigenvalue weighted by molar-refractivity contribution is 0.00620. The third-order valence-electron chi connectivity index (χ3n) is 4.17. The topological polar surface area (TPSA) is 41.5 Å². The molecule has 0 amide bonds. The van der Waals surface area contributed by atoms with Gasteiger partial charge >= 0.3 is 0 Å². The average molecular weight is 291 g/mol. The van der Waals surface area contributed by atoms with E-state index in [0.717, 1.165) is 49.1 Å². The molecule has 1 saturated carbocycles. The Morgan fingerprint density at radius 1 is 1.19 bits per heavy atom. The summed E-state index contributed by atoms with van der Waals surface area (Å²) in [4.78, 5) is 0. The summed E-state index contributed by atoms with van der Waals surface area (Å²) < 4.78 is 6.14. The minimum Gasteiger partial charge on any atom is -0.487 e. The molecule has 0 aliphatic heterocycles. The van der Waals surface area contributed by atoms with Crippen molar-refractivity contribution in [3.05, 3.63) is 28.8 Å². The van der Waals surface area contributed by atoms with E-state index in [0.29, 0.717) is 6.04 Å².